The molecule has 1 aromatic carbocycles. The Morgan fingerprint density at radius 2 is 2.03 bits per heavy atom. The number of benzene rings is 1. The van der Waals surface area contributed by atoms with Crippen molar-refractivity contribution in [2.45, 2.75) is 63.9 Å². The highest BCUT2D eigenvalue weighted by molar-refractivity contribution is 5.98. The van der Waals surface area contributed by atoms with Crippen LogP contribution in [0.4, 0.5) is 0 Å². The maximum atomic E-state index is 13.7. The normalized spacial score (nSPS) is 31.7. The molecule has 2 amide bonds. The molecular weight excluding hydrogens is 412 g/mol. The highest BCUT2D eigenvalue weighted by Gasteiger charge is 2.75. The Morgan fingerprint density at radius 3 is 2.66 bits per heavy atom. The molecular formula is C24H32N2O6. The number of carbonyl (C=O) groups is 3. The first kappa shape index (κ1) is 22.7. The fourth-order valence-corrected chi connectivity index (χ4v) is 5.76. The van der Waals surface area contributed by atoms with Crippen LogP contribution in [0, 0.1) is 17.8 Å². The number of aliphatic hydroxyl groups is 1. The van der Waals surface area contributed by atoms with Gasteiger partial charge >= 0.3 is 5.97 Å². The summed E-state index contributed by atoms with van der Waals surface area (Å²) >= 11 is 0. The molecule has 174 valence electrons. The fraction of sp³-hybridized carbons (Fsp3) is 0.625. The van der Waals surface area contributed by atoms with E-state index in [1.54, 1.807) is 6.92 Å². The average Bonchev–Trinajstić information content (AvgIpc) is 3.41. The summed E-state index contributed by atoms with van der Waals surface area (Å²) in [5.41, 5.74) is -0.142. The van der Waals surface area contributed by atoms with E-state index in [2.05, 4.69) is 5.32 Å². The van der Waals surface area contributed by atoms with E-state index >= 15 is 0 Å². The standard InChI is InChI=1S/C24H32N2O6/c1-4-31-23(30)18-17-10-11-24(32-17)19(18)22(29)26(16(13-27)14(2)3)20(24)21(28)25-12-15-8-6-5-7-9-15/h5-9,14,16-20,27H,4,10-13H2,1-3H3,(H,25,28)/t16-,17+,18-,19-,20+,24-/m0/s1. The number of amides is 2. The molecule has 0 aromatic heterocycles. The van der Waals surface area contributed by atoms with Crippen molar-refractivity contribution in [1.82, 2.24) is 10.2 Å². The monoisotopic (exact) mass is 444 g/mol. The molecule has 3 aliphatic heterocycles. The fourth-order valence-electron chi connectivity index (χ4n) is 5.76. The summed E-state index contributed by atoms with van der Waals surface area (Å²) in [5, 5.41) is 13.1. The molecule has 4 rings (SSSR count). The Morgan fingerprint density at radius 1 is 1.31 bits per heavy atom. The molecule has 1 spiro atoms. The van der Waals surface area contributed by atoms with Crippen LogP contribution in [0.3, 0.4) is 0 Å². The Hall–Kier alpha value is -2.45. The molecule has 8 heteroatoms. The van der Waals surface area contributed by atoms with Crippen LogP contribution in [0.15, 0.2) is 30.3 Å². The summed E-state index contributed by atoms with van der Waals surface area (Å²) in [6.45, 7) is 5.79. The Kier molecular flexibility index (Phi) is 6.27. The lowest BCUT2D eigenvalue weighted by molar-refractivity contribution is -0.155. The third-order valence-electron chi connectivity index (χ3n) is 7.17. The lowest BCUT2D eigenvalue weighted by Gasteiger charge is -2.38. The zero-order chi connectivity index (χ0) is 23.0. The molecule has 0 aliphatic carbocycles. The van der Waals surface area contributed by atoms with Gasteiger partial charge in [-0.1, -0.05) is 44.2 Å². The molecule has 2 bridgehead atoms. The van der Waals surface area contributed by atoms with Crippen LogP contribution in [0.1, 0.15) is 39.2 Å². The summed E-state index contributed by atoms with van der Waals surface area (Å²) < 4.78 is 11.6. The molecule has 0 saturated carbocycles. The molecule has 2 N–H and O–H groups in total. The van der Waals surface area contributed by atoms with Gasteiger partial charge in [-0.05, 0) is 31.2 Å². The van der Waals surface area contributed by atoms with Gasteiger partial charge < -0.3 is 24.8 Å². The lowest BCUT2D eigenvalue weighted by atomic mass is 9.70. The van der Waals surface area contributed by atoms with Gasteiger partial charge in [-0.3, -0.25) is 14.4 Å². The van der Waals surface area contributed by atoms with Crippen LogP contribution >= 0.6 is 0 Å². The number of fused-ring (bicyclic) bond motifs is 1. The summed E-state index contributed by atoms with van der Waals surface area (Å²) in [5.74, 6) is -2.67. The van der Waals surface area contributed by atoms with E-state index < -0.39 is 41.6 Å². The van der Waals surface area contributed by atoms with Crippen LogP contribution in [0.5, 0.6) is 0 Å². The van der Waals surface area contributed by atoms with E-state index in [0.29, 0.717) is 19.4 Å². The van der Waals surface area contributed by atoms with Crippen LogP contribution in [-0.4, -0.2) is 64.8 Å². The van der Waals surface area contributed by atoms with Gasteiger partial charge in [-0.2, -0.15) is 0 Å². The van der Waals surface area contributed by atoms with Crippen molar-refractivity contribution in [2.75, 3.05) is 13.2 Å². The van der Waals surface area contributed by atoms with Crippen molar-refractivity contribution in [1.29, 1.82) is 0 Å². The third-order valence-corrected chi connectivity index (χ3v) is 7.17. The van der Waals surface area contributed by atoms with Crippen molar-refractivity contribution in [3.8, 4) is 0 Å². The molecule has 3 fully saturated rings. The number of carbonyl (C=O) groups excluding carboxylic acids is 3. The second kappa shape index (κ2) is 8.83. The van der Waals surface area contributed by atoms with Gasteiger partial charge in [0.05, 0.1) is 37.2 Å². The third kappa shape index (κ3) is 3.49. The van der Waals surface area contributed by atoms with Gasteiger partial charge in [0.25, 0.3) is 0 Å². The second-order valence-electron chi connectivity index (χ2n) is 9.25. The van der Waals surface area contributed by atoms with Crippen molar-refractivity contribution in [3.05, 3.63) is 35.9 Å². The quantitative estimate of drug-likeness (QED) is 0.585. The number of hydrogen-bond donors (Lipinski definition) is 2. The minimum absolute atomic E-state index is 0.0816. The maximum Gasteiger partial charge on any atom is 0.312 e. The predicted octanol–water partition coefficient (Wildman–Crippen LogP) is 1.26. The molecule has 3 heterocycles. The zero-order valence-corrected chi connectivity index (χ0v) is 18.8. The number of aliphatic hydroxyl groups excluding tert-OH is 1. The molecule has 8 nitrogen and oxygen atoms in total. The van der Waals surface area contributed by atoms with Crippen molar-refractivity contribution < 1.29 is 29.0 Å². The Bertz CT molecular complexity index is 875. The molecule has 32 heavy (non-hydrogen) atoms. The minimum Gasteiger partial charge on any atom is -0.466 e. The zero-order valence-electron chi connectivity index (χ0n) is 18.8. The first-order chi connectivity index (χ1) is 15.4. The topological polar surface area (TPSA) is 105 Å². The number of nitrogens with one attached hydrogen (secondary N) is 1. The number of nitrogens with zero attached hydrogens (tertiary/aromatic N) is 1. The predicted molar refractivity (Wildman–Crippen MR) is 115 cm³/mol. The van der Waals surface area contributed by atoms with Gasteiger partial charge in [0.2, 0.25) is 11.8 Å². The minimum atomic E-state index is -1.08. The highest BCUT2D eigenvalue weighted by atomic mass is 16.6. The van der Waals surface area contributed by atoms with Gasteiger partial charge in [-0.25, -0.2) is 0 Å². The largest absolute Gasteiger partial charge is 0.466 e. The molecule has 3 aliphatic rings. The summed E-state index contributed by atoms with van der Waals surface area (Å²) in [6, 6.07) is 8.06. The summed E-state index contributed by atoms with van der Waals surface area (Å²) in [4.78, 5) is 41.5. The van der Waals surface area contributed by atoms with E-state index in [1.165, 1.54) is 4.90 Å². The number of hydrogen-bond acceptors (Lipinski definition) is 6. The number of ether oxygens (including phenoxy) is 2. The number of esters is 1. The molecule has 6 atom stereocenters. The van der Waals surface area contributed by atoms with Crippen LogP contribution in [0.25, 0.3) is 0 Å². The van der Waals surface area contributed by atoms with Gasteiger partial charge in [0.1, 0.15) is 11.6 Å². The molecule has 0 radical (unpaired) electrons. The van der Waals surface area contributed by atoms with Crippen LogP contribution in [0.2, 0.25) is 0 Å². The molecule has 1 aromatic rings. The number of rotatable bonds is 8. The first-order valence-electron chi connectivity index (χ1n) is 11.4. The molecule has 3 saturated heterocycles. The van der Waals surface area contributed by atoms with Crippen molar-refractivity contribution >= 4 is 17.8 Å². The van der Waals surface area contributed by atoms with E-state index in [9.17, 15) is 19.5 Å². The van der Waals surface area contributed by atoms with Gasteiger partial charge in [0.15, 0.2) is 0 Å². The van der Waals surface area contributed by atoms with Crippen LogP contribution in [-0.2, 0) is 30.4 Å². The SMILES string of the molecule is CCOC(=O)[C@@H]1[C@H]2C(=O)N([C@@H](CO)C(C)C)[C@H](C(=O)NCc3ccccc3)[C@]23CC[C@H]1O3. The Balaban J connectivity index is 1.69. The summed E-state index contributed by atoms with van der Waals surface area (Å²) in [7, 11) is 0. The van der Waals surface area contributed by atoms with Gasteiger partial charge in [0, 0.05) is 6.54 Å². The van der Waals surface area contributed by atoms with Crippen molar-refractivity contribution in [2.24, 2.45) is 17.8 Å². The van der Waals surface area contributed by atoms with E-state index in [1.807, 2.05) is 44.2 Å². The Labute approximate surface area is 188 Å². The van der Waals surface area contributed by atoms with E-state index in [-0.39, 0.29) is 30.9 Å². The smallest absolute Gasteiger partial charge is 0.312 e. The summed E-state index contributed by atoms with van der Waals surface area (Å²) in [6.07, 6.45) is 0.677. The molecule has 0 unspecified atom stereocenters. The second-order valence-corrected chi connectivity index (χ2v) is 9.25. The maximum absolute atomic E-state index is 13.7. The average molecular weight is 445 g/mol. The van der Waals surface area contributed by atoms with Crippen molar-refractivity contribution in [3.63, 3.8) is 0 Å². The lowest BCUT2D eigenvalue weighted by Crippen LogP contribution is -2.58. The first-order valence-corrected chi connectivity index (χ1v) is 11.4. The van der Waals surface area contributed by atoms with E-state index in [4.69, 9.17) is 9.47 Å². The van der Waals surface area contributed by atoms with Gasteiger partial charge in [-0.15, -0.1) is 0 Å². The number of likely N-dealkylation sites (tertiary alicyclic amines) is 1. The van der Waals surface area contributed by atoms with Crippen LogP contribution < -0.4 is 5.32 Å². The highest BCUT2D eigenvalue weighted by Crippen LogP contribution is 2.59. The van der Waals surface area contributed by atoms with E-state index in [0.717, 1.165) is 5.56 Å².